The van der Waals surface area contributed by atoms with E-state index in [9.17, 15) is 0 Å². The minimum absolute atomic E-state index is 0.401. The molecule has 0 radical (unpaired) electrons. The fourth-order valence-corrected chi connectivity index (χ4v) is 2.06. The maximum absolute atomic E-state index is 5.81. The van der Waals surface area contributed by atoms with Gasteiger partial charge in [-0.15, -0.1) is 0 Å². The smallest absolute Gasteiger partial charge is 0.209 e. The lowest BCUT2D eigenvalue weighted by Crippen LogP contribution is -2.31. The van der Waals surface area contributed by atoms with Gasteiger partial charge in [0.15, 0.2) is 0 Å². The first-order chi connectivity index (χ1) is 7.56. The zero-order chi connectivity index (χ0) is 11.7. The van der Waals surface area contributed by atoms with Crippen molar-refractivity contribution in [1.82, 2.24) is 10.2 Å². The lowest BCUT2D eigenvalue weighted by atomic mass is 9.84. The van der Waals surface area contributed by atoms with Gasteiger partial charge in [-0.05, 0) is 24.7 Å². The number of aromatic nitrogens is 2. The number of hydrogen-bond acceptors (Lipinski definition) is 2. The highest BCUT2D eigenvalue weighted by Gasteiger charge is 2.27. The van der Waals surface area contributed by atoms with E-state index in [1.807, 2.05) is 6.07 Å². The van der Waals surface area contributed by atoms with Crippen molar-refractivity contribution in [3.8, 4) is 5.88 Å². The van der Waals surface area contributed by atoms with E-state index in [2.05, 4.69) is 37.9 Å². The number of rotatable bonds is 4. The Bertz CT molecular complexity index is 339. The summed E-state index contributed by atoms with van der Waals surface area (Å²) in [7, 11) is 0. The molecule has 3 heteroatoms. The summed E-state index contributed by atoms with van der Waals surface area (Å²) in [5.41, 5.74) is 1.11. The number of ether oxygens (including phenoxy) is 1. The number of aromatic amines is 1. The largest absolute Gasteiger partial charge is 0.475 e. The molecule has 0 bridgehead atoms. The first-order valence-corrected chi connectivity index (χ1v) is 6.28. The quantitative estimate of drug-likeness (QED) is 0.848. The number of nitrogens with one attached hydrogen (secondary N) is 1. The van der Waals surface area contributed by atoms with Crippen LogP contribution in [0.3, 0.4) is 0 Å². The van der Waals surface area contributed by atoms with E-state index in [0.717, 1.165) is 17.5 Å². The van der Waals surface area contributed by atoms with Gasteiger partial charge in [0.25, 0.3) is 0 Å². The topological polar surface area (TPSA) is 37.9 Å². The standard InChI is InChI=1S/C13H22N2O/c1-8(2)10(4)12-7-13(15-14-12)16-11-5-9(3)6-11/h7-11H,5-6H2,1-4H3,(H,14,15)/t9-,10?,11-. The van der Waals surface area contributed by atoms with E-state index in [-0.39, 0.29) is 0 Å². The Kier molecular flexibility index (Phi) is 3.22. The summed E-state index contributed by atoms with van der Waals surface area (Å²) in [5.74, 6) is 2.75. The van der Waals surface area contributed by atoms with Crippen LogP contribution in [-0.2, 0) is 0 Å². The first kappa shape index (κ1) is 11.5. The zero-order valence-electron chi connectivity index (χ0n) is 10.7. The van der Waals surface area contributed by atoms with Crippen molar-refractivity contribution in [3.63, 3.8) is 0 Å². The fourth-order valence-electron chi connectivity index (χ4n) is 2.06. The van der Waals surface area contributed by atoms with Crippen LogP contribution in [0.1, 0.15) is 52.1 Å². The summed E-state index contributed by atoms with van der Waals surface area (Å²) in [6.45, 7) is 8.90. The molecule has 1 N–H and O–H groups in total. The van der Waals surface area contributed by atoms with Crippen LogP contribution in [0.25, 0.3) is 0 Å². The van der Waals surface area contributed by atoms with E-state index in [4.69, 9.17) is 4.74 Å². The van der Waals surface area contributed by atoms with Crippen molar-refractivity contribution >= 4 is 0 Å². The van der Waals surface area contributed by atoms with E-state index >= 15 is 0 Å². The number of nitrogens with zero attached hydrogens (tertiary/aromatic N) is 1. The molecule has 90 valence electrons. The van der Waals surface area contributed by atoms with Gasteiger partial charge >= 0.3 is 0 Å². The Hall–Kier alpha value is -0.990. The molecule has 1 aromatic rings. The van der Waals surface area contributed by atoms with Gasteiger partial charge < -0.3 is 4.74 Å². The Morgan fingerprint density at radius 1 is 1.38 bits per heavy atom. The molecular weight excluding hydrogens is 200 g/mol. The molecule has 1 atom stereocenters. The van der Waals surface area contributed by atoms with Gasteiger partial charge in [-0.3, -0.25) is 0 Å². The molecule has 1 aromatic heterocycles. The molecule has 0 spiro atoms. The number of H-pyrrole nitrogens is 1. The van der Waals surface area contributed by atoms with Gasteiger partial charge in [-0.25, -0.2) is 5.10 Å². The van der Waals surface area contributed by atoms with E-state index in [1.165, 1.54) is 12.8 Å². The van der Waals surface area contributed by atoms with E-state index in [0.29, 0.717) is 17.9 Å². The maximum atomic E-state index is 5.81. The lowest BCUT2D eigenvalue weighted by molar-refractivity contribution is 0.0695. The second kappa shape index (κ2) is 4.48. The van der Waals surface area contributed by atoms with E-state index in [1.54, 1.807) is 0 Å². The maximum Gasteiger partial charge on any atom is 0.209 e. The second-order valence-electron chi connectivity index (χ2n) is 5.51. The molecule has 0 aromatic carbocycles. The molecule has 3 nitrogen and oxygen atoms in total. The van der Waals surface area contributed by atoms with Crippen molar-refractivity contribution in [2.24, 2.45) is 11.8 Å². The number of hydrogen-bond donors (Lipinski definition) is 1. The molecule has 1 aliphatic carbocycles. The van der Waals surface area contributed by atoms with Gasteiger partial charge in [0.05, 0.1) is 5.69 Å². The minimum Gasteiger partial charge on any atom is -0.475 e. The monoisotopic (exact) mass is 222 g/mol. The van der Waals surface area contributed by atoms with Crippen LogP contribution in [0.5, 0.6) is 5.88 Å². The van der Waals surface area contributed by atoms with Crippen LogP contribution in [0.2, 0.25) is 0 Å². The molecule has 0 aliphatic heterocycles. The third-order valence-corrected chi connectivity index (χ3v) is 3.66. The van der Waals surface area contributed by atoms with Crippen LogP contribution in [0.15, 0.2) is 6.07 Å². The lowest BCUT2D eigenvalue weighted by Gasteiger charge is -2.32. The molecule has 1 fully saturated rings. The van der Waals surface area contributed by atoms with Crippen LogP contribution in [0, 0.1) is 11.8 Å². The van der Waals surface area contributed by atoms with Crippen LogP contribution in [-0.4, -0.2) is 16.3 Å². The molecule has 16 heavy (non-hydrogen) atoms. The van der Waals surface area contributed by atoms with Crippen LogP contribution < -0.4 is 4.74 Å². The average molecular weight is 222 g/mol. The predicted molar refractivity (Wildman–Crippen MR) is 64.7 cm³/mol. The van der Waals surface area contributed by atoms with Gasteiger partial charge in [-0.2, -0.15) is 5.10 Å². The normalized spacial score (nSPS) is 26.6. The third kappa shape index (κ3) is 2.39. The van der Waals surface area contributed by atoms with Crippen LogP contribution >= 0.6 is 0 Å². The summed E-state index contributed by atoms with van der Waals surface area (Å²) >= 11 is 0. The third-order valence-electron chi connectivity index (χ3n) is 3.66. The first-order valence-electron chi connectivity index (χ1n) is 6.28. The van der Waals surface area contributed by atoms with Gasteiger partial charge in [0.2, 0.25) is 5.88 Å². The molecule has 1 unspecified atom stereocenters. The Morgan fingerprint density at radius 2 is 2.06 bits per heavy atom. The summed E-state index contributed by atoms with van der Waals surface area (Å²) in [6.07, 6.45) is 2.75. The molecule has 2 rings (SSSR count). The van der Waals surface area contributed by atoms with Crippen LogP contribution in [0.4, 0.5) is 0 Å². The Labute approximate surface area is 97.6 Å². The average Bonchev–Trinajstić information content (AvgIpc) is 2.62. The van der Waals surface area contributed by atoms with Gasteiger partial charge in [0, 0.05) is 12.0 Å². The fraction of sp³-hybridized carbons (Fsp3) is 0.769. The molecular formula is C13H22N2O. The van der Waals surface area contributed by atoms with Crippen molar-refractivity contribution < 1.29 is 4.74 Å². The second-order valence-corrected chi connectivity index (χ2v) is 5.51. The summed E-state index contributed by atoms with van der Waals surface area (Å²) in [6, 6.07) is 2.05. The molecule has 1 heterocycles. The summed E-state index contributed by atoms with van der Waals surface area (Å²) in [4.78, 5) is 0. The van der Waals surface area contributed by atoms with Gasteiger partial charge in [-0.1, -0.05) is 27.7 Å². The predicted octanol–water partition coefficient (Wildman–Crippen LogP) is 3.35. The van der Waals surface area contributed by atoms with E-state index < -0.39 is 0 Å². The highest BCUT2D eigenvalue weighted by Crippen LogP contribution is 2.31. The van der Waals surface area contributed by atoms with Crippen molar-refractivity contribution in [1.29, 1.82) is 0 Å². The highest BCUT2D eigenvalue weighted by molar-refractivity contribution is 5.18. The summed E-state index contributed by atoms with van der Waals surface area (Å²) < 4.78 is 5.81. The Balaban J connectivity index is 1.92. The van der Waals surface area contributed by atoms with Crippen molar-refractivity contribution in [2.45, 2.75) is 52.6 Å². The van der Waals surface area contributed by atoms with Crippen molar-refractivity contribution in [2.75, 3.05) is 0 Å². The molecule has 0 amide bonds. The summed E-state index contributed by atoms with van der Waals surface area (Å²) in [5, 5.41) is 7.30. The Morgan fingerprint density at radius 3 is 2.62 bits per heavy atom. The highest BCUT2D eigenvalue weighted by atomic mass is 16.5. The molecule has 1 aliphatic rings. The minimum atomic E-state index is 0.401. The van der Waals surface area contributed by atoms with Gasteiger partial charge in [0.1, 0.15) is 6.10 Å². The van der Waals surface area contributed by atoms with Crippen molar-refractivity contribution in [3.05, 3.63) is 11.8 Å². The molecule has 1 saturated carbocycles. The zero-order valence-corrected chi connectivity index (χ0v) is 10.7. The SMILES string of the molecule is CC(C)C(C)c1cc(O[C@H]2C[C@H](C)C2)[nH]n1. The molecule has 0 saturated heterocycles.